The van der Waals surface area contributed by atoms with Gasteiger partial charge < -0.3 is 4.74 Å². The first-order chi connectivity index (χ1) is 12.6. The fourth-order valence-corrected chi connectivity index (χ4v) is 4.05. The second-order valence-corrected chi connectivity index (χ2v) is 7.41. The van der Waals surface area contributed by atoms with Crippen LogP contribution in [0.3, 0.4) is 0 Å². The molecule has 2 aliphatic rings. The Balaban J connectivity index is 1.80. The van der Waals surface area contributed by atoms with E-state index in [9.17, 15) is 9.59 Å². The third-order valence-corrected chi connectivity index (χ3v) is 5.64. The molecule has 132 valence electrons. The van der Waals surface area contributed by atoms with E-state index in [4.69, 9.17) is 4.74 Å². The summed E-state index contributed by atoms with van der Waals surface area (Å²) in [5, 5.41) is 0. The first kappa shape index (κ1) is 16.9. The molecule has 1 unspecified atom stereocenters. The Bertz CT molecular complexity index is 917. The molecule has 0 bridgehead atoms. The van der Waals surface area contributed by atoms with Gasteiger partial charge in [-0.2, -0.15) is 0 Å². The van der Waals surface area contributed by atoms with E-state index in [1.54, 1.807) is 16.7 Å². The van der Waals surface area contributed by atoms with Gasteiger partial charge in [-0.15, -0.1) is 11.8 Å². The van der Waals surface area contributed by atoms with E-state index in [0.717, 1.165) is 21.7 Å². The number of hydrogen-bond donors (Lipinski definition) is 0. The van der Waals surface area contributed by atoms with Crippen LogP contribution in [0.1, 0.15) is 23.5 Å². The Morgan fingerprint density at radius 3 is 2.58 bits per heavy atom. The molecule has 0 saturated carbocycles. The van der Waals surface area contributed by atoms with Gasteiger partial charge in [-0.05, 0) is 48.6 Å². The van der Waals surface area contributed by atoms with Crippen molar-refractivity contribution in [1.29, 1.82) is 0 Å². The Labute approximate surface area is 156 Å². The molecule has 0 aliphatic carbocycles. The summed E-state index contributed by atoms with van der Waals surface area (Å²) in [6.45, 7) is 2.13. The van der Waals surface area contributed by atoms with Gasteiger partial charge in [-0.1, -0.05) is 24.3 Å². The molecule has 26 heavy (non-hydrogen) atoms. The molecule has 0 spiro atoms. The zero-order valence-corrected chi connectivity index (χ0v) is 15.5. The van der Waals surface area contributed by atoms with Gasteiger partial charge in [0.25, 0.3) is 0 Å². The highest BCUT2D eigenvalue weighted by Gasteiger charge is 2.42. The van der Waals surface area contributed by atoms with Crippen molar-refractivity contribution in [3.8, 4) is 0 Å². The van der Waals surface area contributed by atoms with E-state index < -0.39 is 0 Å². The fraction of sp³-hybridized carbons (Fsp3) is 0.238. The van der Waals surface area contributed by atoms with Crippen LogP contribution in [-0.4, -0.2) is 24.7 Å². The quantitative estimate of drug-likeness (QED) is 0.608. The number of amides is 1. The van der Waals surface area contributed by atoms with Gasteiger partial charge in [-0.25, -0.2) is 4.79 Å². The maximum absolute atomic E-state index is 13.0. The summed E-state index contributed by atoms with van der Waals surface area (Å²) in [5.74, 6) is -0.569. The smallest absolute Gasteiger partial charge is 0.336 e. The van der Waals surface area contributed by atoms with Gasteiger partial charge in [0.1, 0.15) is 6.61 Å². The van der Waals surface area contributed by atoms with Crippen LogP contribution in [-0.2, 0) is 14.3 Å². The summed E-state index contributed by atoms with van der Waals surface area (Å²) in [6.07, 6.45) is 2.29. The average Bonchev–Trinajstić information content (AvgIpc) is 3.02. The number of carbonyl (C=O) groups is 2. The van der Waals surface area contributed by atoms with E-state index in [1.165, 1.54) is 0 Å². The maximum Gasteiger partial charge on any atom is 0.336 e. The van der Waals surface area contributed by atoms with Gasteiger partial charge in [-0.3, -0.25) is 9.69 Å². The number of carbonyl (C=O) groups excluding carboxylic acids is 2. The van der Waals surface area contributed by atoms with Crippen LogP contribution in [0.2, 0.25) is 0 Å². The fourth-order valence-electron chi connectivity index (χ4n) is 3.64. The van der Waals surface area contributed by atoms with Crippen LogP contribution in [0.5, 0.6) is 0 Å². The lowest BCUT2D eigenvalue weighted by atomic mass is 9.84. The molecule has 0 aromatic heterocycles. The van der Waals surface area contributed by atoms with Crippen molar-refractivity contribution in [2.75, 3.05) is 17.8 Å². The summed E-state index contributed by atoms with van der Waals surface area (Å²) < 4.78 is 5.32. The van der Waals surface area contributed by atoms with Crippen molar-refractivity contribution in [3.63, 3.8) is 0 Å². The minimum Gasteiger partial charge on any atom is -0.456 e. The number of aryl methyl sites for hydroxylation is 1. The maximum atomic E-state index is 13.0. The summed E-state index contributed by atoms with van der Waals surface area (Å²) >= 11 is 1.66. The number of rotatable bonds is 3. The molecule has 5 heteroatoms. The topological polar surface area (TPSA) is 46.6 Å². The normalized spacial score (nSPS) is 19.6. The van der Waals surface area contributed by atoms with Crippen molar-refractivity contribution < 1.29 is 14.3 Å². The monoisotopic (exact) mass is 365 g/mol. The standard InChI is InChI=1S/C21H19NO3S/c1-13-4-3-5-15(10-13)22-18-12-25-21(24)20(18)17(11-19(22)23)14-6-8-16(26-2)9-7-14/h3-10,17H,11-12H2,1-2H3. The molecule has 0 fully saturated rings. The molecule has 1 amide bonds. The van der Waals surface area contributed by atoms with Crippen LogP contribution >= 0.6 is 11.8 Å². The number of nitrogens with zero attached hydrogens (tertiary/aromatic N) is 1. The van der Waals surface area contributed by atoms with Crippen molar-refractivity contribution in [1.82, 2.24) is 0 Å². The SMILES string of the molecule is CSc1ccc(C2CC(=O)N(c3cccc(C)c3)C3=C2C(=O)OC3)cc1. The summed E-state index contributed by atoms with van der Waals surface area (Å²) in [4.78, 5) is 28.2. The highest BCUT2D eigenvalue weighted by molar-refractivity contribution is 7.98. The molecule has 0 radical (unpaired) electrons. The molecule has 0 saturated heterocycles. The minimum absolute atomic E-state index is 0.00778. The van der Waals surface area contributed by atoms with Gasteiger partial charge in [0, 0.05) is 22.9 Å². The molecular formula is C21H19NO3S. The van der Waals surface area contributed by atoms with Crippen LogP contribution < -0.4 is 4.90 Å². The molecule has 1 atom stereocenters. The number of hydrogen-bond acceptors (Lipinski definition) is 4. The van der Waals surface area contributed by atoms with Crippen LogP contribution in [0.25, 0.3) is 0 Å². The van der Waals surface area contributed by atoms with E-state index in [2.05, 4.69) is 0 Å². The van der Waals surface area contributed by atoms with Crippen molar-refractivity contribution in [2.24, 2.45) is 0 Å². The summed E-state index contributed by atoms with van der Waals surface area (Å²) in [6, 6.07) is 15.8. The molecule has 4 nitrogen and oxygen atoms in total. The highest BCUT2D eigenvalue weighted by Crippen LogP contribution is 2.42. The van der Waals surface area contributed by atoms with E-state index >= 15 is 0 Å². The first-order valence-electron chi connectivity index (χ1n) is 8.52. The van der Waals surface area contributed by atoms with E-state index in [1.807, 2.05) is 61.7 Å². The number of esters is 1. The molecule has 2 heterocycles. The molecular weight excluding hydrogens is 346 g/mol. The van der Waals surface area contributed by atoms with Crippen LogP contribution in [0.15, 0.2) is 64.7 Å². The molecule has 2 aliphatic heterocycles. The summed E-state index contributed by atoms with van der Waals surface area (Å²) in [7, 11) is 0. The van der Waals surface area contributed by atoms with E-state index in [0.29, 0.717) is 11.3 Å². The lowest BCUT2D eigenvalue weighted by Gasteiger charge is -2.32. The third-order valence-electron chi connectivity index (χ3n) is 4.90. The third kappa shape index (κ3) is 2.82. The predicted octanol–water partition coefficient (Wildman–Crippen LogP) is 4.05. The Morgan fingerprint density at radius 2 is 1.88 bits per heavy atom. The number of thioether (sulfide) groups is 1. The number of ether oxygens (including phenoxy) is 1. The van der Waals surface area contributed by atoms with Gasteiger partial charge >= 0.3 is 5.97 Å². The Kier molecular flexibility index (Phi) is 4.32. The van der Waals surface area contributed by atoms with Gasteiger partial charge in [0.05, 0.1) is 11.3 Å². The number of benzene rings is 2. The molecule has 2 aromatic carbocycles. The minimum atomic E-state index is -0.316. The second-order valence-electron chi connectivity index (χ2n) is 6.53. The first-order valence-corrected chi connectivity index (χ1v) is 9.74. The van der Waals surface area contributed by atoms with Crippen molar-refractivity contribution in [3.05, 3.63) is 70.9 Å². The highest BCUT2D eigenvalue weighted by atomic mass is 32.2. The largest absolute Gasteiger partial charge is 0.456 e. The van der Waals surface area contributed by atoms with E-state index in [-0.39, 0.29) is 30.8 Å². The average molecular weight is 365 g/mol. The number of cyclic esters (lactones) is 1. The summed E-state index contributed by atoms with van der Waals surface area (Å²) in [5.41, 5.74) is 4.12. The molecule has 2 aromatic rings. The zero-order chi connectivity index (χ0) is 18.3. The van der Waals surface area contributed by atoms with Crippen molar-refractivity contribution >= 4 is 29.3 Å². The lowest BCUT2D eigenvalue weighted by molar-refractivity contribution is -0.136. The van der Waals surface area contributed by atoms with Gasteiger partial charge in [0.15, 0.2) is 0 Å². The predicted molar refractivity (Wildman–Crippen MR) is 102 cm³/mol. The zero-order valence-electron chi connectivity index (χ0n) is 14.7. The second kappa shape index (κ2) is 6.65. The van der Waals surface area contributed by atoms with Crippen molar-refractivity contribution in [2.45, 2.75) is 24.2 Å². The van der Waals surface area contributed by atoms with Crippen LogP contribution in [0, 0.1) is 6.92 Å². The Hall–Kier alpha value is -2.53. The molecule has 0 N–H and O–H groups in total. The molecule has 4 rings (SSSR count). The lowest BCUT2D eigenvalue weighted by Crippen LogP contribution is -2.37. The Morgan fingerprint density at radius 1 is 1.12 bits per heavy atom. The number of anilines is 1. The van der Waals surface area contributed by atoms with Crippen LogP contribution in [0.4, 0.5) is 5.69 Å². The van der Waals surface area contributed by atoms with Gasteiger partial charge in [0.2, 0.25) is 5.91 Å².